The van der Waals surface area contributed by atoms with Crippen LogP contribution in [0.1, 0.15) is 11.1 Å². The molecule has 3 N–H and O–H groups in total. The maximum atomic E-state index is 13.6. The molecule has 2 aromatic rings. The number of amidine groups is 1. The third-order valence-corrected chi connectivity index (χ3v) is 3.17. The van der Waals surface area contributed by atoms with Gasteiger partial charge in [0.05, 0.1) is 4.47 Å². The topological polar surface area (TPSA) is 59.1 Å². The van der Waals surface area contributed by atoms with Gasteiger partial charge in [-0.25, -0.2) is 4.39 Å². The standard InChI is InChI=1S/C14H12BrFN2O/c1-8-2-4-11(16)13(6-8)19-12-5-3-9(14(17)18)7-10(12)15/h2-7H,1H3,(H3,17,18). The molecule has 2 aromatic carbocycles. The highest BCUT2D eigenvalue weighted by atomic mass is 79.9. The fourth-order valence-electron chi connectivity index (χ4n) is 1.56. The Hall–Kier alpha value is -1.88. The first-order chi connectivity index (χ1) is 8.97. The van der Waals surface area contributed by atoms with Crippen LogP contribution in [-0.4, -0.2) is 5.84 Å². The number of nitrogen functional groups attached to an aromatic ring is 1. The van der Waals surface area contributed by atoms with Gasteiger partial charge < -0.3 is 10.5 Å². The van der Waals surface area contributed by atoms with Gasteiger partial charge in [0.15, 0.2) is 11.6 Å². The van der Waals surface area contributed by atoms with Gasteiger partial charge in [-0.1, -0.05) is 6.07 Å². The number of ether oxygens (including phenoxy) is 1. The number of nitrogens with two attached hydrogens (primary N) is 1. The molecule has 0 atom stereocenters. The summed E-state index contributed by atoms with van der Waals surface area (Å²) in [6, 6.07) is 9.61. The summed E-state index contributed by atoms with van der Waals surface area (Å²) in [4.78, 5) is 0. The summed E-state index contributed by atoms with van der Waals surface area (Å²) in [7, 11) is 0. The average molecular weight is 323 g/mol. The zero-order chi connectivity index (χ0) is 14.0. The Kier molecular flexibility index (Phi) is 3.85. The third kappa shape index (κ3) is 3.12. The fraction of sp³-hybridized carbons (Fsp3) is 0.0714. The molecule has 19 heavy (non-hydrogen) atoms. The largest absolute Gasteiger partial charge is 0.453 e. The first-order valence-electron chi connectivity index (χ1n) is 5.55. The lowest BCUT2D eigenvalue weighted by molar-refractivity contribution is 0.439. The van der Waals surface area contributed by atoms with Gasteiger partial charge in [-0.15, -0.1) is 0 Å². The Labute approximate surface area is 118 Å². The molecular weight excluding hydrogens is 311 g/mol. The first-order valence-corrected chi connectivity index (χ1v) is 6.34. The number of hydrogen-bond donors (Lipinski definition) is 2. The molecule has 5 heteroatoms. The zero-order valence-electron chi connectivity index (χ0n) is 10.2. The van der Waals surface area contributed by atoms with Gasteiger partial charge >= 0.3 is 0 Å². The molecule has 0 aliphatic rings. The molecule has 0 radical (unpaired) electrons. The number of benzene rings is 2. The van der Waals surface area contributed by atoms with Crippen LogP contribution in [0.2, 0.25) is 0 Å². The van der Waals surface area contributed by atoms with Crippen molar-refractivity contribution in [1.82, 2.24) is 0 Å². The van der Waals surface area contributed by atoms with E-state index in [1.165, 1.54) is 6.07 Å². The highest BCUT2D eigenvalue weighted by molar-refractivity contribution is 9.10. The minimum Gasteiger partial charge on any atom is -0.453 e. The smallest absolute Gasteiger partial charge is 0.165 e. The van der Waals surface area contributed by atoms with Gasteiger partial charge in [-0.05, 0) is 58.7 Å². The van der Waals surface area contributed by atoms with E-state index in [9.17, 15) is 4.39 Å². The lowest BCUT2D eigenvalue weighted by Gasteiger charge is -2.10. The molecule has 0 aliphatic heterocycles. The van der Waals surface area contributed by atoms with Crippen molar-refractivity contribution in [2.75, 3.05) is 0 Å². The van der Waals surface area contributed by atoms with Gasteiger partial charge in [-0.2, -0.15) is 0 Å². The van der Waals surface area contributed by atoms with Crippen LogP contribution in [0.5, 0.6) is 11.5 Å². The van der Waals surface area contributed by atoms with Crippen LogP contribution in [-0.2, 0) is 0 Å². The molecule has 0 bridgehead atoms. The molecule has 0 fully saturated rings. The summed E-state index contributed by atoms with van der Waals surface area (Å²) in [6.07, 6.45) is 0. The molecule has 0 heterocycles. The van der Waals surface area contributed by atoms with Crippen molar-refractivity contribution in [2.45, 2.75) is 6.92 Å². The highest BCUT2D eigenvalue weighted by Gasteiger charge is 2.09. The predicted molar refractivity (Wildman–Crippen MR) is 76.4 cm³/mol. The molecular formula is C14H12BrFN2O. The lowest BCUT2D eigenvalue weighted by Crippen LogP contribution is -2.10. The third-order valence-electron chi connectivity index (χ3n) is 2.55. The lowest BCUT2D eigenvalue weighted by atomic mass is 10.2. The van der Waals surface area contributed by atoms with Crippen molar-refractivity contribution in [1.29, 1.82) is 5.41 Å². The molecule has 0 saturated carbocycles. The van der Waals surface area contributed by atoms with E-state index in [0.29, 0.717) is 15.8 Å². The van der Waals surface area contributed by atoms with E-state index < -0.39 is 5.82 Å². The van der Waals surface area contributed by atoms with Crippen molar-refractivity contribution in [2.24, 2.45) is 5.73 Å². The van der Waals surface area contributed by atoms with Crippen molar-refractivity contribution < 1.29 is 9.13 Å². The molecule has 2 rings (SSSR count). The normalized spacial score (nSPS) is 10.3. The molecule has 3 nitrogen and oxygen atoms in total. The fourth-order valence-corrected chi connectivity index (χ4v) is 2.02. The number of halogens is 2. The molecule has 0 aliphatic carbocycles. The maximum Gasteiger partial charge on any atom is 0.165 e. The predicted octanol–water partition coefficient (Wildman–Crippen LogP) is 3.97. The van der Waals surface area contributed by atoms with Crippen LogP contribution in [0.4, 0.5) is 4.39 Å². The van der Waals surface area contributed by atoms with Crippen LogP contribution in [0, 0.1) is 18.2 Å². The van der Waals surface area contributed by atoms with Gasteiger partial charge in [0.25, 0.3) is 0 Å². The Morgan fingerprint density at radius 3 is 2.58 bits per heavy atom. The van der Waals surface area contributed by atoms with E-state index in [2.05, 4.69) is 15.9 Å². The van der Waals surface area contributed by atoms with E-state index >= 15 is 0 Å². The highest BCUT2D eigenvalue weighted by Crippen LogP contribution is 2.32. The molecule has 0 spiro atoms. The van der Waals surface area contributed by atoms with Crippen LogP contribution in [0.15, 0.2) is 40.9 Å². The minimum atomic E-state index is -0.423. The van der Waals surface area contributed by atoms with Crippen LogP contribution in [0.25, 0.3) is 0 Å². The summed E-state index contributed by atoms with van der Waals surface area (Å²) in [6.45, 7) is 1.86. The van der Waals surface area contributed by atoms with E-state index in [1.54, 1.807) is 30.3 Å². The van der Waals surface area contributed by atoms with Crippen LogP contribution < -0.4 is 10.5 Å². The minimum absolute atomic E-state index is 0.0333. The summed E-state index contributed by atoms with van der Waals surface area (Å²) >= 11 is 3.32. The number of rotatable bonds is 3. The summed E-state index contributed by atoms with van der Waals surface area (Å²) in [5, 5.41) is 7.34. The summed E-state index contributed by atoms with van der Waals surface area (Å²) < 4.78 is 19.7. The first kappa shape index (κ1) is 13.5. The zero-order valence-corrected chi connectivity index (χ0v) is 11.8. The SMILES string of the molecule is Cc1ccc(F)c(Oc2ccc(C(=N)N)cc2Br)c1. The Morgan fingerprint density at radius 1 is 1.21 bits per heavy atom. The van der Waals surface area contributed by atoms with Crippen LogP contribution in [0.3, 0.4) is 0 Å². The van der Waals surface area contributed by atoms with E-state index in [4.69, 9.17) is 15.9 Å². The molecule has 98 valence electrons. The summed E-state index contributed by atoms with van der Waals surface area (Å²) in [5.74, 6) is 0.174. The van der Waals surface area contributed by atoms with Crippen molar-refractivity contribution in [3.63, 3.8) is 0 Å². The Morgan fingerprint density at radius 2 is 1.95 bits per heavy atom. The molecule has 0 saturated heterocycles. The van der Waals surface area contributed by atoms with Gasteiger partial charge in [0, 0.05) is 5.56 Å². The monoisotopic (exact) mass is 322 g/mol. The summed E-state index contributed by atoms with van der Waals surface area (Å²) in [5.41, 5.74) is 6.87. The van der Waals surface area contributed by atoms with Gasteiger partial charge in [-0.3, -0.25) is 5.41 Å². The van der Waals surface area contributed by atoms with Crippen molar-refractivity contribution in [3.8, 4) is 11.5 Å². The number of aryl methyl sites for hydroxylation is 1. The maximum absolute atomic E-state index is 13.6. The number of nitrogens with one attached hydrogen (secondary N) is 1. The molecule has 0 unspecified atom stereocenters. The van der Waals surface area contributed by atoms with E-state index in [0.717, 1.165) is 5.56 Å². The second kappa shape index (κ2) is 5.40. The number of hydrogen-bond acceptors (Lipinski definition) is 2. The van der Waals surface area contributed by atoms with Crippen LogP contribution >= 0.6 is 15.9 Å². The average Bonchev–Trinajstić information content (AvgIpc) is 2.36. The van der Waals surface area contributed by atoms with E-state index in [1.807, 2.05) is 6.92 Å². The molecule has 0 amide bonds. The quantitative estimate of drug-likeness (QED) is 0.663. The van der Waals surface area contributed by atoms with E-state index in [-0.39, 0.29) is 11.6 Å². The Bertz CT molecular complexity index is 643. The van der Waals surface area contributed by atoms with Gasteiger partial charge in [0.1, 0.15) is 11.6 Å². The van der Waals surface area contributed by atoms with Crippen molar-refractivity contribution in [3.05, 3.63) is 57.8 Å². The van der Waals surface area contributed by atoms with Gasteiger partial charge in [0.2, 0.25) is 0 Å². The second-order valence-corrected chi connectivity index (χ2v) is 4.95. The molecule has 0 aromatic heterocycles. The second-order valence-electron chi connectivity index (χ2n) is 4.09. The Balaban J connectivity index is 2.33. The van der Waals surface area contributed by atoms with Crippen molar-refractivity contribution >= 4 is 21.8 Å².